The number of nitrogens with one attached hydrogen (secondary N) is 1. The number of hydrogen-bond donors (Lipinski definition) is 1. The Hall–Kier alpha value is -2.79. The summed E-state index contributed by atoms with van der Waals surface area (Å²) in [5.74, 6) is 1.13. The number of ether oxygens (including phenoxy) is 2. The summed E-state index contributed by atoms with van der Waals surface area (Å²) in [7, 11) is 0. The van der Waals surface area contributed by atoms with E-state index in [-0.39, 0.29) is 18.1 Å². The van der Waals surface area contributed by atoms with Crippen LogP contribution in [0.15, 0.2) is 54.7 Å². The van der Waals surface area contributed by atoms with Crippen LogP contribution in [0.4, 0.5) is 0 Å². The molecule has 0 unspecified atom stereocenters. The molecule has 1 amide bonds. The number of amides is 1. The summed E-state index contributed by atoms with van der Waals surface area (Å²) in [6.45, 7) is 2.44. The predicted molar refractivity (Wildman–Crippen MR) is 119 cm³/mol. The molecule has 5 nitrogen and oxygen atoms in total. The lowest BCUT2D eigenvalue weighted by molar-refractivity contribution is 0.0888. The first-order valence-corrected chi connectivity index (χ1v) is 10.8. The fraction of sp³-hybridized carbons (Fsp3) is 0.333. The molecule has 0 spiro atoms. The molecule has 1 aliphatic carbocycles. The van der Waals surface area contributed by atoms with E-state index in [1.54, 1.807) is 18.3 Å². The van der Waals surface area contributed by atoms with Crippen LogP contribution in [0.25, 0.3) is 10.8 Å². The van der Waals surface area contributed by atoms with E-state index in [0.717, 1.165) is 36.5 Å². The van der Waals surface area contributed by atoms with Crippen LogP contribution in [0, 0.1) is 0 Å². The average Bonchev–Trinajstić information content (AvgIpc) is 2.76. The molecule has 2 aromatic carbocycles. The van der Waals surface area contributed by atoms with Gasteiger partial charge in [-0.25, -0.2) is 4.98 Å². The number of rotatable bonds is 6. The molecule has 1 saturated carbocycles. The van der Waals surface area contributed by atoms with Crippen molar-refractivity contribution in [3.63, 3.8) is 0 Å². The second-order valence-electron chi connectivity index (χ2n) is 7.47. The molecule has 4 rings (SSSR count). The van der Waals surface area contributed by atoms with Gasteiger partial charge in [-0.05, 0) is 55.5 Å². The van der Waals surface area contributed by atoms with E-state index in [2.05, 4.69) is 10.3 Å². The lowest BCUT2D eigenvalue weighted by atomic mass is 9.92. The summed E-state index contributed by atoms with van der Waals surface area (Å²) in [4.78, 5) is 17.4. The molecule has 1 fully saturated rings. The summed E-state index contributed by atoms with van der Waals surface area (Å²) in [5.41, 5.74) is 0.610. The molecular weight excluding hydrogens is 400 g/mol. The molecule has 30 heavy (non-hydrogen) atoms. The maximum Gasteiger partial charge on any atom is 0.255 e. The van der Waals surface area contributed by atoms with E-state index in [4.69, 9.17) is 21.1 Å². The minimum absolute atomic E-state index is 0.0843. The van der Waals surface area contributed by atoms with Crippen molar-refractivity contribution < 1.29 is 14.3 Å². The fourth-order valence-electron chi connectivity index (χ4n) is 3.95. The van der Waals surface area contributed by atoms with E-state index in [1.165, 1.54) is 0 Å². The molecule has 1 aliphatic rings. The lowest BCUT2D eigenvalue weighted by Gasteiger charge is -2.29. The van der Waals surface area contributed by atoms with Crippen LogP contribution < -0.4 is 14.8 Å². The number of pyridine rings is 1. The summed E-state index contributed by atoms with van der Waals surface area (Å²) in [6.07, 6.45) is 5.13. The number of aromatic nitrogens is 1. The first-order valence-electron chi connectivity index (χ1n) is 10.4. The standard InChI is InChI=1S/C24H25ClN2O3/c1-2-29-21-13-7-16-5-3-4-6-20(16)23(21)24(28)27-18-9-11-19(12-10-18)30-22-14-8-17(25)15-26-22/h3-8,13-15,18-19H,2,9-12H2,1H3,(H,27,28). The van der Waals surface area contributed by atoms with Gasteiger partial charge in [0, 0.05) is 18.3 Å². The van der Waals surface area contributed by atoms with Gasteiger partial charge in [0.15, 0.2) is 0 Å². The molecule has 1 N–H and O–H groups in total. The van der Waals surface area contributed by atoms with E-state index in [0.29, 0.717) is 28.8 Å². The van der Waals surface area contributed by atoms with Gasteiger partial charge in [-0.1, -0.05) is 41.9 Å². The van der Waals surface area contributed by atoms with Gasteiger partial charge in [0.2, 0.25) is 5.88 Å². The van der Waals surface area contributed by atoms with Crippen molar-refractivity contribution in [2.45, 2.75) is 44.8 Å². The predicted octanol–water partition coefficient (Wildman–Crippen LogP) is 5.41. The average molecular weight is 425 g/mol. The van der Waals surface area contributed by atoms with Crippen LogP contribution in [0.2, 0.25) is 5.02 Å². The Kier molecular flexibility index (Phi) is 6.38. The van der Waals surface area contributed by atoms with Crippen LogP contribution in [0.1, 0.15) is 43.0 Å². The Morgan fingerprint density at radius 3 is 2.63 bits per heavy atom. The zero-order valence-corrected chi connectivity index (χ0v) is 17.7. The van der Waals surface area contributed by atoms with Crippen LogP contribution in [0.5, 0.6) is 11.6 Å². The molecule has 0 aliphatic heterocycles. The van der Waals surface area contributed by atoms with Gasteiger partial charge < -0.3 is 14.8 Å². The molecule has 1 heterocycles. The molecule has 6 heteroatoms. The van der Waals surface area contributed by atoms with Crippen molar-refractivity contribution in [1.29, 1.82) is 0 Å². The highest BCUT2D eigenvalue weighted by Gasteiger charge is 2.26. The Morgan fingerprint density at radius 1 is 1.10 bits per heavy atom. The van der Waals surface area contributed by atoms with Crippen molar-refractivity contribution in [3.05, 3.63) is 65.3 Å². The number of carbonyl (C=O) groups is 1. The fourth-order valence-corrected chi connectivity index (χ4v) is 4.06. The number of carbonyl (C=O) groups excluding carboxylic acids is 1. The topological polar surface area (TPSA) is 60.5 Å². The first kappa shape index (κ1) is 20.5. The minimum Gasteiger partial charge on any atom is -0.493 e. The monoisotopic (exact) mass is 424 g/mol. The number of hydrogen-bond acceptors (Lipinski definition) is 4. The maximum atomic E-state index is 13.2. The van der Waals surface area contributed by atoms with Gasteiger partial charge in [0.25, 0.3) is 5.91 Å². The number of nitrogens with zero attached hydrogens (tertiary/aromatic N) is 1. The molecule has 156 valence electrons. The largest absolute Gasteiger partial charge is 0.493 e. The number of fused-ring (bicyclic) bond motifs is 1. The summed E-state index contributed by atoms with van der Waals surface area (Å²) in [6, 6.07) is 15.4. The molecule has 0 radical (unpaired) electrons. The van der Waals surface area contributed by atoms with Gasteiger partial charge in [0.1, 0.15) is 11.9 Å². The third-order valence-corrected chi connectivity index (χ3v) is 5.64. The van der Waals surface area contributed by atoms with Gasteiger partial charge in [-0.2, -0.15) is 0 Å². The quantitative estimate of drug-likeness (QED) is 0.575. The Morgan fingerprint density at radius 2 is 1.90 bits per heavy atom. The Labute approximate surface area is 181 Å². The highest BCUT2D eigenvalue weighted by Crippen LogP contribution is 2.29. The summed E-state index contributed by atoms with van der Waals surface area (Å²) < 4.78 is 11.7. The minimum atomic E-state index is -0.0843. The van der Waals surface area contributed by atoms with Crippen LogP contribution >= 0.6 is 11.6 Å². The molecule has 3 aromatic rings. The van der Waals surface area contributed by atoms with Gasteiger partial charge in [-0.3, -0.25) is 4.79 Å². The SMILES string of the molecule is CCOc1ccc2ccccc2c1C(=O)NC1CCC(Oc2ccc(Cl)cn2)CC1. The smallest absolute Gasteiger partial charge is 0.255 e. The van der Waals surface area contributed by atoms with E-state index in [1.807, 2.05) is 43.3 Å². The highest BCUT2D eigenvalue weighted by molar-refractivity contribution is 6.30. The van der Waals surface area contributed by atoms with Crippen molar-refractivity contribution >= 4 is 28.3 Å². The molecular formula is C24H25ClN2O3. The van der Waals surface area contributed by atoms with E-state index < -0.39 is 0 Å². The maximum absolute atomic E-state index is 13.2. The Balaban J connectivity index is 1.41. The number of benzene rings is 2. The second-order valence-corrected chi connectivity index (χ2v) is 7.91. The van der Waals surface area contributed by atoms with Crippen molar-refractivity contribution in [2.24, 2.45) is 0 Å². The van der Waals surface area contributed by atoms with Crippen LogP contribution in [0.3, 0.4) is 0 Å². The van der Waals surface area contributed by atoms with Gasteiger partial charge in [-0.15, -0.1) is 0 Å². The third-order valence-electron chi connectivity index (χ3n) is 5.41. The normalized spacial score (nSPS) is 18.7. The molecule has 0 saturated heterocycles. The zero-order chi connectivity index (χ0) is 20.9. The molecule has 0 atom stereocenters. The molecule has 1 aromatic heterocycles. The van der Waals surface area contributed by atoms with Crippen LogP contribution in [-0.4, -0.2) is 29.6 Å². The number of halogens is 1. The second kappa shape index (κ2) is 9.35. The van der Waals surface area contributed by atoms with Gasteiger partial charge in [0.05, 0.1) is 17.2 Å². The summed E-state index contributed by atoms with van der Waals surface area (Å²) in [5, 5.41) is 5.74. The lowest BCUT2D eigenvalue weighted by Crippen LogP contribution is -2.40. The highest BCUT2D eigenvalue weighted by atomic mass is 35.5. The summed E-state index contributed by atoms with van der Waals surface area (Å²) >= 11 is 5.87. The Bertz CT molecular complexity index is 1010. The zero-order valence-electron chi connectivity index (χ0n) is 16.9. The molecule has 0 bridgehead atoms. The van der Waals surface area contributed by atoms with Gasteiger partial charge >= 0.3 is 0 Å². The first-order chi connectivity index (χ1) is 14.6. The van der Waals surface area contributed by atoms with Crippen molar-refractivity contribution in [3.8, 4) is 11.6 Å². The third kappa shape index (κ3) is 4.68. The van der Waals surface area contributed by atoms with E-state index in [9.17, 15) is 4.79 Å². The van der Waals surface area contributed by atoms with Crippen LogP contribution in [-0.2, 0) is 0 Å². The van der Waals surface area contributed by atoms with Crippen molar-refractivity contribution in [1.82, 2.24) is 10.3 Å². The van der Waals surface area contributed by atoms with Crippen molar-refractivity contribution in [2.75, 3.05) is 6.61 Å². The van der Waals surface area contributed by atoms with E-state index >= 15 is 0 Å².